The van der Waals surface area contributed by atoms with E-state index in [1.165, 1.54) is 18.9 Å². The predicted octanol–water partition coefficient (Wildman–Crippen LogP) is 3.25. The van der Waals surface area contributed by atoms with Gasteiger partial charge in [0.25, 0.3) is 5.91 Å². The minimum atomic E-state index is -2.91. The first kappa shape index (κ1) is 16.7. The molecule has 0 aromatic heterocycles. The molecule has 1 aliphatic carbocycles. The summed E-state index contributed by atoms with van der Waals surface area (Å²) < 4.78 is 29.8. The molecule has 0 spiro atoms. The average Bonchev–Trinajstić information content (AvgIpc) is 2.94. The van der Waals surface area contributed by atoms with Crippen LogP contribution in [-0.2, 0) is 4.79 Å². The molecule has 0 bridgehead atoms. The Hall–Kier alpha value is -1.69. The maximum atomic E-state index is 12.4. The van der Waals surface area contributed by atoms with Crippen LogP contribution in [-0.4, -0.2) is 43.7 Å². The van der Waals surface area contributed by atoms with Crippen molar-refractivity contribution < 1.29 is 22.8 Å². The standard InChI is InChI=1S/C16H22F2N2O2/c1-20(2,12-7-3-4-8-12)11-15(21)19-13-9-5-6-10-14(13)22-16(17)18/h5-6,9-10,12,16H,3-4,7-8,11H2,1-2H3/p+1. The Kier molecular flexibility index (Phi) is 5.34. The molecule has 2 rings (SSSR count). The molecule has 1 saturated carbocycles. The van der Waals surface area contributed by atoms with Gasteiger partial charge in [-0.25, -0.2) is 0 Å². The van der Waals surface area contributed by atoms with E-state index < -0.39 is 6.61 Å². The number of hydrogen-bond acceptors (Lipinski definition) is 2. The Balaban J connectivity index is 2.00. The van der Waals surface area contributed by atoms with Gasteiger partial charge in [0.1, 0.15) is 5.75 Å². The molecular weight excluding hydrogens is 290 g/mol. The fraction of sp³-hybridized carbons (Fsp3) is 0.562. The number of rotatable bonds is 6. The van der Waals surface area contributed by atoms with E-state index in [9.17, 15) is 13.6 Å². The second-order valence-electron chi connectivity index (χ2n) is 6.30. The molecule has 0 atom stereocenters. The Bertz CT molecular complexity index is 515. The molecule has 22 heavy (non-hydrogen) atoms. The van der Waals surface area contributed by atoms with Crippen LogP contribution in [0.1, 0.15) is 25.7 Å². The van der Waals surface area contributed by atoms with Gasteiger partial charge < -0.3 is 14.5 Å². The van der Waals surface area contributed by atoms with Crippen molar-refractivity contribution in [1.29, 1.82) is 0 Å². The highest BCUT2D eigenvalue weighted by Gasteiger charge is 2.33. The van der Waals surface area contributed by atoms with Crippen molar-refractivity contribution in [3.05, 3.63) is 24.3 Å². The van der Waals surface area contributed by atoms with Crippen LogP contribution in [0, 0.1) is 0 Å². The quantitative estimate of drug-likeness (QED) is 0.819. The second-order valence-corrected chi connectivity index (χ2v) is 6.30. The summed E-state index contributed by atoms with van der Waals surface area (Å²) in [6, 6.07) is 6.72. The van der Waals surface area contributed by atoms with Crippen molar-refractivity contribution in [2.24, 2.45) is 0 Å². The fourth-order valence-corrected chi connectivity index (χ4v) is 3.06. The summed E-state index contributed by atoms with van der Waals surface area (Å²) >= 11 is 0. The van der Waals surface area contributed by atoms with Gasteiger partial charge in [0.2, 0.25) is 0 Å². The first-order valence-electron chi connectivity index (χ1n) is 7.55. The number of amides is 1. The topological polar surface area (TPSA) is 38.3 Å². The number of hydrogen-bond donors (Lipinski definition) is 1. The largest absolute Gasteiger partial charge is 0.433 e. The van der Waals surface area contributed by atoms with E-state index in [2.05, 4.69) is 10.1 Å². The van der Waals surface area contributed by atoms with Crippen molar-refractivity contribution in [3.8, 4) is 5.75 Å². The van der Waals surface area contributed by atoms with Gasteiger partial charge in [-0.1, -0.05) is 12.1 Å². The molecule has 0 aliphatic heterocycles. The van der Waals surface area contributed by atoms with Gasteiger partial charge in [-0.3, -0.25) is 4.79 Å². The van der Waals surface area contributed by atoms with E-state index >= 15 is 0 Å². The lowest BCUT2D eigenvalue weighted by Crippen LogP contribution is -2.51. The lowest BCUT2D eigenvalue weighted by molar-refractivity contribution is -0.906. The van der Waals surface area contributed by atoms with Gasteiger partial charge in [0, 0.05) is 0 Å². The SMILES string of the molecule is C[N+](C)(CC(=O)Nc1ccccc1OC(F)F)C1CCCC1. The Morgan fingerprint density at radius 1 is 1.32 bits per heavy atom. The molecule has 1 amide bonds. The predicted molar refractivity (Wildman–Crippen MR) is 80.9 cm³/mol. The highest BCUT2D eigenvalue weighted by Crippen LogP contribution is 2.28. The lowest BCUT2D eigenvalue weighted by atomic mass is 10.2. The Morgan fingerprint density at radius 3 is 2.59 bits per heavy atom. The molecule has 6 heteroatoms. The van der Waals surface area contributed by atoms with Crippen LogP contribution in [0.4, 0.5) is 14.5 Å². The Morgan fingerprint density at radius 2 is 1.95 bits per heavy atom. The van der Waals surface area contributed by atoms with Gasteiger partial charge in [0.15, 0.2) is 6.54 Å². The van der Waals surface area contributed by atoms with Crippen LogP contribution in [0.3, 0.4) is 0 Å². The number of ether oxygens (including phenoxy) is 1. The van der Waals surface area contributed by atoms with Crippen molar-refractivity contribution in [2.45, 2.75) is 38.3 Å². The second kappa shape index (κ2) is 7.05. The molecule has 4 nitrogen and oxygen atoms in total. The molecule has 1 aliphatic rings. The van der Waals surface area contributed by atoms with Crippen molar-refractivity contribution in [3.63, 3.8) is 0 Å². The summed E-state index contributed by atoms with van der Waals surface area (Å²) in [4.78, 5) is 12.3. The third-order valence-electron chi connectivity index (χ3n) is 4.24. The summed E-state index contributed by atoms with van der Waals surface area (Å²) in [5.74, 6) is -0.209. The molecule has 1 fully saturated rings. The zero-order chi connectivity index (χ0) is 16.2. The Labute approximate surface area is 129 Å². The lowest BCUT2D eigenvalue weighted by Gasteiger charge is -2.35. The first-order valence-corrected chi connectivity index (χ1v) is 7.55. The van der Waals surface area contributed by atoms with E-state index in [0.29, 0.717) is 17.1 Å². The number of quaternary nitrogens is 1. The minimum Gasteiger partial charge on any atom is -0.433 e. The summed E-state index contributed by atoms with van der Waals surface area (Å²) in [7, 11) is 4.08. The van der Waals surface area contributed by atoms with E-state index in [-0.39, 0.29) is 17.3 Å². The third-order valence-corrected chi connectivity index (χ3v) is 4.24. The third kappa shape index (κ3) is 4.40. The first-order chi connectivity index (χ1) is 10.4. The van der Waals surface area contributed by atoms with Crippen LogP contribution in [0.15, 0.2) is 24.3 Å². The number of para-hydroxylation sites is 2. The summed E-state index contributed by atoms with van der Waals surface area (Å²) in [6.07, 6.45) is 4.68. The number of carbonyl (C=O) groups is 1. The van der Waals surface area contributed by atoms with Crippen LogP contribution in [0.5, 0.6) is 5.75 Å². The van der Waals surface area contributed by atoms with Crippen LogP contribution in [0.25, 0.3) is 0 Å². The zero-order valence-electron chi connectivity index (χ0n) is 13.0. The minimum absolute atomic E-state index is 0.0166. The molecule has 122 valence electrons. The molecule has 1 aromatic carbocycles. The van der Waals surface area contributed by atoms with Gasteiger partial charge in [0.05, 0.1) is 25.8 Å². The van der Waals surface area contributed by atoms with Gasteiger partial charge in [-0.2, -0.15) is 8.78 Å². The zero-order valence-corrected chi connectivity index (χ0v) is 13.0. The van der Waals surface area contributed by atoms with Crippen LogP contribution in [0.2, 0.25) is 0 Å². The summed E-state index contributed by atoms with van der Waals surface area (Å²) in [6.45, 7) is -2.60. The molecule has 1 N–H and O–H groups in total. The molecule has 0 saturated heterocycles. The number of alkyl halides is 2. The van der Waals surface area contributed by atoms with Gasteiger partial charge in [-0.15, -0.1) is 0 Å². The average molecular weight is 313 g/mol. The van der Waals surface area contributed by atoms with Crippen molar-refractivity contribution >= 4 is 11.6 Å². The maximum Gasteiger partial charge on any atom is 0.387 e. The summed E-state index contributed by atoms with van der Waals surface area (Å²) in [5.41, 5.74) is 0.277. The van der Waals surface area contributed by atoms with E-state index in [1.807, 2.05) is 14.1 Å². The summed E-state index contributed by atoms with van der Waals surface area (Å²) in [5, 5.41) is 2.68. The molecule has 0 unspecified atom stereocenters. The number of likely N-dealkylation sites (N-methyl/N-ethyl adjacent to an activating group) is 1. The molecular formula is C16H23F2N2O2+. The smallest absolute Gasteiger partial charge is 0.387 e. The van der Waals surface area contributed by atoms with E-state index in [0.717, 1.165) is 12.8 Å². The normalized spacial score (nSPS) is 16.0. The monoisotopic (exact) mass is 313 g/mol. The maximum absolute atomic E-state index is 12.4. The van der Waals surface area contributed by atoms with E-state index in [4.69, 9.17) is 0 Å². The highest BCUT2D eigenvalue weighted by atomic mass is 19.3. The van der Waals surface area contributed by atoms with Crippen molar-refractivity contribution in [1.82, 2.24) is 0 Å². The molecule has 0 radical (unpaired) electrons. The number of nitrogens with one attached hydrogen (secondary N) is 1. The number of halogens is 2. The number of nitrogens with zero attached hydrogens (tertiary/aromatic N) is 1. The number of carbonyl (C=O) groups excluding carboxylic acids is 1. The number of benzene rings is 1. The van der Waals surface area contributed by atoms with Crippen LogP contribution < -0.4 is 10.1 Å². The molecule has 1 aromatic rings. The van der Waals surface area contributed by atoms with Gasteiger partial charge in [-0.05, 0) is 37.8 Å². The fourth-order valence-electron chi connectivity index (χ4n) is 3.06. The van der Waals surface area contributed by atoms with Crippen LogP contribution >= 0.6 is 0 Å². The highest BCUT2D eigenvalue weighted by molar-refractivity contribution is 5.93. The molecule has 0 heterocycles. The number of anilines is 1. The van der Waals surface area contributed by atoms with Gasteiger partial charge >= 0.3 is 6.61 Å². The van der Waals surface area contributed by atoms with Crippen molar-refractivity contribution in [2.75, 3.05) is 26.0 Å². The van der Waals surface area contributed by atoms with E-state index in [1.54, 1.807) is 18.2 Å².